The third kappa shape index (κ3) is 5.65. The Morgan fingerprint density at radius 3 is 2.19 bits per heavy atom. The van der Waals surface area contributed by atoms with Gasteiger partial charge in [0.05, 0.1) is 26.6 Å². The SMILES string of the molecule is COc1ccc(OCCCSCc2noc(-c3ccc(OC)cc3)n2)cc1. The minimum atomic E-state index is 0.524. The third-order valence-electron chi connectivity index (χ3n) is 3.80. The van der Waals surface area contributed by atoms with Gasteiger partial charge in [0.15, 0.2) is 5.82 Å². The van der Waals surface area contributed by atoms with Crippen molar-refractivity contribution in [2.75, 3.05) is 26.6 Å². The zero-order valence-corrected chi connectivity index (χ0v) is 16.2. The molecule has 2 aromatic carbocycles. The van der Waals surface area contributed by atoms with Gasteiger partial charge in [0, 0.05) is 5.56 Å². The van der Waals surface area contributed by atoms with E-state index in [9.17, 15) is 0 Å². The number of nitrogens with zero attached hydrogens (tertiary/aromatic N) is 2. The summed E-state index contributed by atoms with van der Waals surface area (Å²) in [6.45, 7) is 0.669. The zero-order chi connectivity index (χ0) is 18.9. The fourth-order valence-corrected chi connectivity index (χ4v) is 3.12. The number of benzene rings is 2. The Labute approximate surface area is 162 Å². The minimum Gasteiger partial charge on any atom is -0.497 e. The molecule has 0 amide bonds. The molecule has 0 spiro atoms. The monoisotopic (exact) mass is 386 g/mol. The van der Waals surface area contributed by atoms with Crippen molar-refractivity contribution >= 4 is 11.8 Å². The van der Waals surface area contributed by atoms with Gasteiger partial charge in [-0.3, -0.25) is 0 Å². The first-order valence-electron chi connectivity index (χ1n) is 8.60. The number of hydrogen-bond acceptors (Lipinski definition) is 7. The number of aromatic nitrogens is 2. The predicted octanol–water partition coefficient (Wildman–Crippen LogP) is 4.46. The normalized spacial score (nSPS) is 10.6. The fourth-order valence-electron chi connectivity index (χ4n) is 2.35. The van der Waals surface area contributed by atoms with Crippen molar-refractivity contribution in [3.8, 4) is 28.7 Å². The summed E-state index contributed by atoms with van der Waals surface area (Å²) in [5, 5.41) is 4.04. The molecule has 27 heavy (non-hydrogen) atoms. The van der Waals surface area contributed by atoms with Crippen LogP contribution < -0.4 is 14.2 Å². The Kier molecular flexibility index (Phi) is 6.98. The van der Waals surface area contributed by atoms with Crippen molar-refractivity contribution < 1.29 is 18.7 Å². The van der Waals surface area contributed by atoms with Crippen LogP contribution >= 0.6 is 11.8 Å². The fraction of sp³-hybridized carbons (Fsp3) is 0.300. The van der Waals surface area contributed by atoms with E-state index < -0.39 is 0 Å². The molecular weight excluding hydrogens is 364 g/mol. The van der Waals surface area contributed by atoms with Gasteiger partial charge >= 0.3 is 0 Å². The van der Waals surface area contributed by atoms with Gasteiger partial charge in [0.25, 0.3) is 5.89 Å². The average Bonchev–Trinajstić information content (AvgIpc) is 3.20. The van der Waals surface area contributed by atoms with Crippen LogP contribution in [-0.4, -0.2) is 36.7 Å². The molecule has 0 saturated carbocycles. The molecule has 3 rings (SSSR count). The third-order valence-corrected chi connectivity index (χ3v) is 4.84. The second-order valence-electron chi connectivity index (χ2n) is 5.67. The number of ether oxygens (including phenoxy) is 3. The number of hydrogen-bond donors (Lipinski definition) is 0. The van der Waals surface area contributed by atoms with Crippen molar-refractivity contribution in [1.82, 2.24) is 10.1 Å². The van der Waals surface area contributed by atoms with E-state index in [1.54, 1.807) is 26.0 Å². The lowest BCUT2D eigenvalue weighted by Crippen LogP contribution is -1.99. The van der Waals surface area contributed by atoms with Crippen molar-refractivity contribution in [2.24, 2.45) is 0 Å². The summed E-state index contributed by atoms with van der Waals surface area (Å²) in [6.07, 6.45) is 0.944. The largest absolute Gasteiger partial charge is 0.497 e. The van der Waals surface area contributed by atoms with E-state index in [0.717, 1.165) is 35.0 Å². The summed E-state index contributed by atoms with van der Waals surface area (Å²) < 4.78 is 21.3. The van der Waals surface area contributed by atoms with E-state index in [4.69, 9.17) is 18.7 Å². The van der Waals surface area contributed by atoms with Gasteiger partial charge in [0.1, 0.15) is 17.2 Å². The first-order chi connectivity index (χ1) is 13.3. The summed E-state index contributed by atoms with van der Waals surface area (Å²) in [6, 6.07) is 15.1. The number of rotatable bonds is 10. The topological polar surface area (TPSA) is 66.6 Å². The van der Waals surface area contributed by atoms with Crippen molar-refractivity contribution in [3.63, 3.8) is 0 Å². The van der Waals surface area contributed by atoms with Gasteiger partial charge in [-0.05, 0) is 60.7 Å². The first-order valence-corrected chi connectivity index (χ1v) is 9.75. The maximum Gasteiger partial charge on any atom is 0.257 e. The highest BCUT2D eigenvalue weighted by molar-refractivity contribution is 7.98. The molecule has 0 bridgehead atoms. The molecule has 1 heterocycles. The molecule has 0 aliphatic carbocycles. The molecule has 0 atom stereocenters. The summed E-state index contributed by atoms with van der Waals surface area (Å²) in [5.74, 6) is 5.36. The van der Waals surface area contributed by atoms with Gasteiger partial charge in [-0.15, -0.1) is 0 Å². The summed E-state index contributed by atoms with van der Waals surface area (Å²) in [7, 11) is 3.29. The summed E-state index contributed by atoms with van der Waals surface area (Å²) >= 11 is 1.76. The van der Waals surface area contributed by atoms with Crippen molar-refractivity contribution in [3.05, 3.63) is 54.4 Å². The molecule has 0 aliphatic rings. The molecule has 0 unspecified atom stereocenters. The van der Waals surface area contributed by atoms with Gasteiger partial charge in [-0.2, -0.15) is 16.7 Å². The van der Waals surface area contributed by atoms with Crippen LogP contribution in [0.4, 0.5) is 0 Å². The highest BCUT2D eigenvalue weighted by Crippen LogP contribution is 2.22. The van der Waals surface area contributed by atoms with E-state index in [0.29, 0.717) is 24.1 Å². The van der Waals surface area contributed by atoms with E-state index in [2.05, 4.69) is 10.1 Å². The van der Waals surface area contributed by atoms with Crippen molar-refractivity contribution in [2.45, 2.75) is 12.2 Å². The number of thioether (sulfide) groups is 1. The van der Waals surface area contributed by atoms with Crippen LogP contribution in [0.5, 0.6) is 17.2 Å². The number of methoxy groups -OCH3 is 2. The van der Waals surface area contributed by atoms with Crippen LogP contribution in [0.3, 0.4) is 0 Å². The quantitative estimate of drug-likeness (QED) is 0.477. The standard InChI is InChI=1S/C20H22N2O4S/c1-23-16-6-4-15(5-7-16)20-21-19(22-26-20)14-27-13-3-12-25-18-10-8-17(24-2)9-11-18/h4-11H,3,12-14H2,1-2H3. The smallest absolute Gasteiger partial charge is 0.257 e. The lowest BCUT2D eigenvalue weighted by Gasteiger charge is -2.06. The predicted molar refractivity (Wildman–Crippen MR) is 106 cm³/mol. The van der Waals surface area contributed by atoms with Crippen LogP contribution in [0.15, 0.2) is 53.1 Å². The van der Waals surface area contributed by atoms with Crippen LogP contribution in [-0.2, 0) is 5.75 Å². The molecule has 0 fully saturated rings. The van der Waals surface area contributed by atoms with E-state index in [1.165, 1.54) is 0 Å². The molecular formula is C20H22N2O4S. The van der Waals surface area contributed by atoms with Crippen molar-refractivity contribution in [1.29, 1.82) is 0 Å². The van der Waals surface area contributed by atoms with E-state index in [1.807, 2.05) is 48.5 Å². The highest BCUT2D eigenvalue weighted by atomic mass is 32.2. The molecule has 1 aromatic heterocycles. The summed E-state index contributed by atoms with van der Waals surface area (Å²) in [4.78, 5) is 4.44. The molecule has 0 saturated heterocycles. The van der Waals surface area contributed by atoms with Gasteiger partial charge in [-0.1, -0.05) is 5.16 Å². The van der Waals surface area contributed by atoms with Gasteiger partial charge < -0.3 is 18.7 Å². The zero-order valence-electron chi connectivity index (χ0n) is 15.4. The van der Waals surface area contributed by atoms with Crippen LogP contribution in [0.25, 0.3) is 11.5 Å². The molecule has 0 aliphatic heterocycles. The average molecular weight is 386 g/mol. The Morgan fingerprint density at radius 1 is 0.889 bits per heavy atom. The second kappa shape index (κ2) is 9.87. The lowest BCUT2D eigenvalue weighted by molar-refractivity contribution is 0.318. The highest BCUT2D eigenvalue weighted by Gasteiger charge is 2.09. The Morgan fingerprint density at radius 2 is 1.52 bits per heavy atom. The first kappa shape index (κ1) is 19.1. The maximum absolute atomic E-state index is 5.71. The second-order valence-corrected chi connectivity index (χ2v) is 6.78. The molecule has 6 nitrogen and oxygen atoms in total. The lowest BCUT2D eigenvalue weighted by atomic mass is 10.2. The molecule has 7 heteroatoms. The maximum atomic E-state index is 5.71. The minimum absolute atomic E-state index is 0.524. The Bertz CT molecular complexity index is 819. The molecule has 3 aromatic rings. The van der Waals surface area contributed by atoms with Gasteiger partial charge in [0.2, 0.25) is 0 Å². The molecule has 0 radical (unpaired) electrons. The molecule has 0 N–H and O–H groups in total. The Balaban J connectivity index is 1.36. The van der Waals surface area contributed by atoms with E-state index >= 15 is 0 Å². The Hall–Kier alpha value is -2.67. The van der Waals surface area contributed by atoms with Crippen LogP contribution in [0.2, 0.25) is 0 Å². The van der Waals surface area contributed by atoms with Crippen LogP contribution in [0, 0.1) is 0 Å². The van der Waals surface area contributed by atoms with Crippen LogP contribution in [0.1, 0.15) is 12.2 Å². The van der Waals surface area contributed by atoms with E-state index in [-0.39, 0.29) is 0 Å². The summed E-state index contributed by atoms with van der Waals surface area (Å²) in [5.41, 5.74) is 0.882. The van der Waals surface area contributed by atoms with Gasteiger partial charge in [-0.25, -0.2) is 0 Å². The molecule has 142 valence electrons.